The van der Waals surface area contributed by atoms with Gasteiger partial charge in [0.25, 0.3) is 0 Å². The number of fused-ring (bicyclic) bond motifs is 1. The summed E-state index contributed by atoms with van der Waals surface area (Å²) in [6.45, 7) is 3.94. The van der Waals surface area contributed by atoms with Crippen molar-refractivity contribution in [3.05, 3.63) is 36.4 Å². The van der Waals surface area contributed by atoms with Crippen LogP contribution in [0.15, 0.2) is 30.7 Å². The van der Waals surface area contributed by atoms with Gasteiger partial charge in [-0.1, -0.05) is 0 Å². The van der Waals surface area contributed by atoms with Gasteiger partial charge in [0.2, 0.25) is 0 Å². The van der Waals surface area contributed by atoms with Gasteiger partial charge in [0.1, 0.15) is 0 Å². The van der Waals surface area contributed by atoms with Gasteiger partial charge in [-0.2, -0.15) is 0 Å². The molecule has 0 fully saturated rings. The molecule has 0 bridgehead atoms. The Morgan fingerprint density at radius 2 is 2.26 bits per heavy atom. The molecule has 0 aliphatic rings. The van der Waals surface area contributed by atoms with Crippen molar-refractivity contribution < 1.29 is 0 Å². The zero-order valence-electron chi connectivity index (χ0n) is 10.7. The van der Waals surface area contributed by atoms with E-state index < -0.39 is 0 Å². The Kier molecular flexibility index (Phi) is 3.62. The molecular weight excluding hydrogens is 305 g/mol. The van der Waals surface area contributed by atoms with Crippen LogP contribution in [-0.4, -0.2) is 32.5 Å². The van der Waals surface area contributed by atoms with Gasteiger partial charge in [-0.3, -0.25) is 0 Å². The fourth-order valence-electron chi connectivity index (χ4n) is 2.07. The third kappa shape index (κ3) is 2.55. The van der Waals surface area contributed by atoms with Crippen LogP contribution in [0, 0.1) is 0 Å². The van der Waals surface area contributed by atoms with E-state index in [4.69, 9.17) is 0 Å². The van der Waals surface area contributed by atoms with E-state index in [-0.39, 0.29) is 15.0 Å². The minimum atomic E-state index is 0.0180. The quantitative estimate of drug-likeness (QED) is 0.730. The van der Waals surface area contributed by atoms with Crippen molar-refractivity contribution in [1.29, 1.82) is 0 Å². The number of aryl methyl sites for hydroxylation is 1. The molecule has 2 aromatic heterocycles. The minimum absolute atomic E-state index is 0.0180. The van der Waals surface area contributed by atoms with Crippen molar-refractivity contribution in [3.63, 3.8) is 0 Å². The first-order chi connectivity index (χ1) is 9.38. The Hall–Kier alpha value is -1.65. The second-order valence-corrected chi connectivity index (χ2v) is 5.48. The first-order valence-electron chi connectivity index (χ1n) is 6.32. The van der Waals surface area contributed by atoms with Crippen LogP contribution >= 0.6 is 0 Å². The monoisotopic (exact) mass is 321 g/mol. The number of aromatic nitrogens is 4. The third-order valence-electron chi connectivity index (χ3n) is 3.01. The van der Waals surface area contributed by atoms with Crippen LogP contribution in [0.2, 0.25) is 0 Å². The van der Waals surface area contributed by atoms with Crippen molar-refractivity contribution in [2.24, 2.45) is 0 Å². The maximum absolute atomic E-state index is 4.47. The summed E-state index contributed by atoms with van der Waals surface area (Å²) in [7, 11) is 0. The summed E-state index contributed by atoms with van der Waals surface area (Å²) in [6.07, 6.45) is 4.91. The van der Waals surface area contributed by atoms with E-state index in [0.29, 0.717) is 0 Å². The molecule has 0 saturated carbocycles. The summed E-state index contributed by atoms with van der Waals surface area (Å²) < 4.78 is 11.0. The molecule has 0 atom stereocenters. The Labute approximate surface area is 117 Å². The normalized spacial score (nSPS) is 11.0. The van der Waals surface area contributed by atoms with Gasteiger partial charge in [0, 0.05) is 0 Å². The summed E-state index contributed by atoms with van der Waals surface area (Å²) in [5.41, 5.74) is 4.26. The van der Waals surface area contributed by atoms with Gasteiger partial charge < -0.3 is 0 Å². The zero-order valence-corrected chi connectivity index (χ0v) is 12.4. The van der Waals surface area contributed by atoms with E-state index in [0.717, 1.165) is 36.2 Å². The van der Waals surface area contributed by atoms with Gasteiger partial charge in [0.05, 0.1) is 0 Å². The van der Waals surface area contributed by atoms with Crippen LogP contribution in [0.5, 0.6) is 0 Å². The summed E-state index contributed by atoms with van der Waals surface area (Å²) >= 11 is 0.0180. The van der Waals surface area contributed by atoms with Crippen LogP contribution in [-0.2, 0) is 13.1 Å². The molecule has 0 spiro atoms. The third-order valence-corrected chi connectivity index (χ3v) is 4.15. The Bertz CT molecular complexity index is 672. The standard InChI is InChI=1S/C13H15N5Se/c1-2-6-18-9-14-7-10(18)8-15-11-4-3-5-12-13(11)17-19-16-12/h3-5,7,9,15H,2,6,8H2,1H3. The number of hydrogen-bond acceptors (Lipinski definition) is 4. The molecule has 19 heavy (non-hydrogen) atoms. The van der Waals surface area contributed by atoms with Crippen LogP contribution in [0.1, 0.15) is 19.0 Å². The SMILES string of the molecule is CCCn1cncc1CNc1cccc2n[se]nc12. The molecule has 1 aromatic carbocycles. The second kappa shape index (κ2) is 5.55. The predicted molar refractivity (Wildman–Crippen MR) is 76.3 cm³/mol. The molecule has 2 heterocycles. The van der Waals surface area contributed by atoms with Gasteiger partial charge in [0.15, 0.2) is 0 Å². The summed E-state index contributed by atoms with van der Waals surface area (Å²) in [4.78, 5) is 4.21. The Balaban J connectivity index is 1.78. The molecule has 3 rings (SSSR count). The first-order valence-corrected chi connectivity index (χ1v) is 7.86. The van der Waals surface area contributed by atoms with Crippen LogP contribution in [0.3, 0.4) is 0 Å². The van der Waals surface area contributed by atoms with Gasteiger partial charge in [-0.15, -0.1) is 0 Å². The Morgan fingerprint density at radius 3 is 3.16 bits per heavy atom. The van der Waals surface area contributed by atoms with Crippen molar-refractivity contribution in [2.75, 3.05) is 5.32 Å². The van der Waals surface area contributed by atoms with Gasteiger partial charge in [-0.05, 0) is 0 Å². The van der Waals surface area contributed by atoms with E-state index >= 15 is 0 Å². The van der Waals surface area contributed by atoms with Gasteiger partial charge >= 0.3 is 117 Å². The van der Waals surface area contributed by atoms with Crippen molar-refractivity contribution in [2.45, 2.75) is 26.4 Å². The molecule has 3 aromatic rings. The predicted octanol–water partition coefficient (Wildman–Crippen LogP) is 1.91. The number of nitrogens with one attached hydrogen (secondary N) is 1. The molecule has 1 N–H and O–H groups in total. The van der Waals surface area contributed by atoms with E-state index in [1.807, 2.05) is 24.7 Å². The van der Waals surface area contributed by atoms with Crippen LogP contribution in [0.4, 0.5) is 5.69 Å². The van der Waals surface area contributed by atoms with Crippen LogP contribution < -0.4 is 5.32 Å². The van der Waals surface area contributed by atoms with E-state index in [1.54, 1.807) is 0 Å². The van der Waals surface area contributed by atoms with Crippen molar-refractivity contribution >= 4 is 31.7 Å². The molecule has 0 aliphatic heterocycles. The van der Waals surface area contributed by atoms with E-state index in [9.17, 15) is 0 Å². The van der Waals surface area contributed by atoms with E-state index in [2.05, 4.69) is 35.8 Å². The number of benzene rings is 1. The maximum atomic E-state index is 4.47. The number of rotatable bonds is 5. The average molecular weight is 320 g/mol. The number of hydrogen-bond donors (Lipinski definition) is 1. The molecule has 5 nitrogen and oxygen atoms in total. The van der Waals surface area contributed by atoms with Crippen molar-refractivity contribution in [1.82, 2.24) is 17.5 Å². The Morgan fingerprint density at radius 1 is 1.32 bits per heavy atom. The zero-order chi connectivity index (χ0) is 13.1. The summed E-state index contributed by atoms with van der Waals surface area (Å²) in [6, 6.07) is 6.09. The molecule has 6 heteroatoms. The second-order valence-electron chi connectivity index (χ2n) is 4.37. The molecule has 0 amide bonds. The number of anilines is 1. The van der Waals surface area contributed by atoms with Crippen LogP contribution in [0.25, 0.3) is 11.0 Å². The molecule has 0 unspecified atom stereocenters. The molecule has 98 valence electrons. The first kappa shape index (κ1) is 12.4. The van der Waals surface area contributed by atoms with Crippen molar-refractivity contribution in [3.8, 4) is 0 Å². The summed E-state index contributed by atoms with van der Waals surface area (Å²) in [5, 5.41) is 3.44. The summed E-state index contributed by atoms with van der Waals surface area (Å²) in [5.74, 6) is 0. The van der Waals surface area contributed by atoms with E-state index in [1.165, 1.54) is 5.69 Å². The topological polar surface area (TPSA) is 55.6 Å². The fraction of sp³-hybridized carbons (Fsp3) is 0.308. The molecule has 0 radical (unpaired) electrons. The average Bonchev–Trinajstić information content (AvgIpc) is 3.05. The van der Waals surface area contributed by atoms with Gasteiger partial charge in [-0.25, -0.2) is 0 Å². The fourth-order valence-corrected chi connectivity index (χ4v) is 3.23. The molecule has 0 aliphatic carbocycles. The molecule has 0 saturated heterocycles. The number of nitrogens with zero attached hydrogens (tertiary/aromatic N) is 4. The molecular formula is C13H15N5Se. The number of imidazole rings is 1.